The lowest BCUT2D eigenvalue weighted by molar-refractivity contribution is 0.0950. The van der Waals surface area contributed by atoms with E-state index in [1.165, 1.54) is 11.8 Å². The summed E-state index contributed by atoms with van der Waals surface area (Å²) in [7, 11) is 0. The van der Waals surface area contributed by atoms with Crippen LogP contribution in [-0.2, 0) is 6.42 Å². The van der Waals surface area contributed by atoms with Crippen LogP contribution in [0.2, 0.25) is 5.02 Å². The molecule has 1 aromatic carbocycles. The summed E-state index contributed by atoms with van der Waals surface area (Å²) in [6, 6.07) is 11.2. The Morgan fingerprint density at radius 3 is 2.82 bits per heavy atom. The second-order valence-corrected chi connectivity index (χ2v) is 6.03. The standard InChI is InChI=1S/C17H17ClN2OS/c1-2-12-22-17-15(4-3-10-20-17)16(21)19-11-9-13-5-7-14(18)8-6-13/h2-8,10H,1,9,11-12H2,(H,19,21). The van der Waals surface area contributed by atoms with E-state index in [1.807, 2.05) is 24.3 Å². The first-order valence-electron chi connectivity index (χ1n) is 6.92. The highest BCUT2D eigenvalue weighted by Crippen LogP contribution is 2.19. The zero-order chi connectivity index (χ0) is 15.8. The third-order valence-corrected chi connectivity index (χ3v) is 4.22. The normalized spacial score (nSPS) is 10.2. The van der Waals surface area contributed by atoms with Crippen molar-refractivity contribution >= 4 is 29.3 Å². The number of nitrogens with one attached hydrogen (secondary N) is 1. The van der Waals surface area contributed by atoms with Crippen molar-refractivity contribution in [2.24, 2.45) is 0 Å². The van der Waals surface area contributed by atoms with Crippen molar-refractivity contribution < 1.29 is 4.79 Å². The predicted molar refractivity (Wildman–Crippen MR) is 92.6 cm³/mol. The Labute approximate surface area is 139 Å². The SMILES string of the molecule is C=CCSc1ncccc1C(=O)NCCc1ccc(Cl)cc1. The van der Waals surface area contributed by atoms with Gasteiger partial charge in [0.05, 0.1) is 5.56 Å². The lowest BCUT2D eigenvalue weighted by Crippen LogP contribution is -2.26. The van der Waals surface area contributed by atoms with Gasteiger partial charge in [0.2, 0.25) is 0 Å². The molecule has 2 aromatic rings. The summed E-state index contributed by atoms with van der Waals surface area (Å²) in [5.74, 6) is 0.621. The molecule has 0 bridgehead atoms. The molecule has 114 valence electrons. The summed E-state index contributed by atoms with van der Waals surface area (Å²) in [4.78, 5) is 16.5. The zero-order valence-electron chi connectivity index (χ0n) is 12.1. The number of carbonyl (C=O) groups is 1. The Hall–Kier alpha value is -1.78. The van der Waals surface area contributed by atoms with Crippen LogP contribution in [-0.4, -0.2) is 23.2 Å². The van der Waals surface area contributed by atoms with Crippen LogP contribution in [0.3, 0.4) is 0 Å². The van der Waals surface area contributed by atoms with Gasteiger partial charge in [-0.15, -0.1) is 18.3 Å². The molecule has 0 aliphatic heterocycles. The number of halogens is 1. The predicted octanol–water partition coefficient (Wildman–Crippen LogP) is 3.99. The zero-order valence-corrected chi connectivity index (χ0v) is 13.7. The first-order chi connectivity index (χ1) is 10.7. The van der Waals surface area contributed by atoms with Crippen molar-refractivity contribution in [2.75, 3.05) is 12.3 Å². The highest BCUT2D eigenvalue weighted by Gasteiger charge is 2.11. The van der Waals surface area contributed by atoms with Crippen LogP contribution in [0.4, 0.5) is 0 Å². The quantitative estimate of drug-likeness (QED) is 0.616. The first-order valence-corrected chi connectivity index (χ1v) is 8.28. The molecule has 0 saturated heterocycles. The fraction of sp³-hybridized carbons (Fsp3) is 0.176. The minimum Gasteiger partial charge on any atom is -0.352 e. The Bertz CT molecular complexity index is 643. The number of hydrogen-bond acceptors (Lipinski definition) is 3. The minimum absolute atomic E-state index is 0.103. The monoisotopic (exact) mass is 332 g/mol. The third-order valence-electron chi connectivity index (χ3n) is 2.97. The summed E-state index contributed by atoms with van der Waals surface area (Å²) >= 11 is 7.35. The molecule has 0 spiro atoms. The van der Waals surface area contributed by atoms with Gasteiger partial charge in [-0.2, -0.15) is 0 Å². The van der Waals surface area contributed by atoms with Gasteiger partial charge in [0.25, 0.3) is 5.91 Å². The lowest BCUT2D eigenvalue weighted by Gasteiger charge is -2.08. The van der Waals surface area contributed by atoms with E-state index >= 15 is 0 Å². The summed E-state index contributed by atoms with van der Waals surface area (Å²) in [5.41, 5.74) is 1.74. The molecule has 0 aliphatic carbocycles. The van der Waals surface area contributed by atoms with Gasteiger partial charge in [-0.3, -0.25) is 4.79 Å². The summed E-state index contributed by atoms with van der Waals surface area (Å²) in [6.45, 7) is 4.25. The van der Waals surface area contributed by atoms with E-state index in [4.69, 9.17) is 11.6 Å². The van der Waals surface area contributed by atoms with Crippen LogP contribution in [0, 0.1) is 0 Å². The van der Waals surface area contributed by atoms with Gasteiger partial charge < -0.3 is 5.32 Å². The van der Waals surface area contributed by atoms with Gasteiger partial charge in [0.1, 0.15) is 5.03 Å². The number of hydrogen-bond donors (Lipinski definition) is 1. The molecule has 0 radical (unpaired) electrons. The Kier molecular flexibility index (Phi) is 6.49. The largest absolute Gasteiger partial charge is 0.352 e. The Balaban J connectivity index is 1.92. The van der Waals surface area contributed by atoms with E-state index in [1.54, 1.807) is 24.4 Å². The van der Waals surface area contributed by atoms with Gasteiger partial charge in [0.15, 0.2) is 0 Å². The summed E-state index contributed by atoms with van der Waals surface area (Å²) < 4.78 is 0. The van der Waals surface area contributed by atoms with E-state index in [2.05, 4.69) is 16.9 Å². The minimum atomic E-state index is -0.103. The van der Waals surface area contributed by atoms with E-state index in [-0.39, 0.29) is 5.91 Å². The van der Waals surface area contributed by atoms with Gasteiger partial charge >= 0.3 is 0 Å². The molecule has 1 aromatic heterocycles. The van der Waals surface area contributed by atoms with E-state index in [0.29, 0.717) is 17.1 Å². The van der Waals surface area contributed by atoms with Crippen molar-refractivity contribution in [2.45, 2.75) is 11.4 Å². The second kappa shape index (κ2) is 8.61. The highest BCUT2D eigenvalue weighted by atomic mass is 35.5. The van der Waals surface area contributed by atoms with Crippen LogP contribution in [0.5, 0.6) is 0 Å². The van der Waals surface area contributed by atoms with Crippen molar-refractivity contribution in [3.05, 3.63) is 71.4 Å². The number of thioether (sulfide) groups is 1. The molecule has 0 fully saturated rings. The summed E-state index contributed by atoms with van der Waals surface area (Å²) in [5, 5.41) is 4.37. The average molecular weight is 333 g/mol. The molecule has 0 saturated carbocycles. The number of carbonyl (C=O) groups excluding carboxylic acids is 1. The molecule has 5 heteroatoms. The van der Waals surface area contributed by atoms with Gasteiger partial charge in [-0.1, -0.05) is 29.8 Å². The maximum atomic E-state index is 12.3. The van der Waals surface area contributed by atoms with Gasteiger partial charge in [-0.05, 0) is 36.2 Å². The molecular formula is C17H17ClN2OS. The van der Waals surface area contributed by atoms with Crippen LogP contribution in [0.25, 0.3) is 0 Å². The molecule has 1 heterocycles. The highest BCUT2D eigenvalue weighted by molar-refractivity contribution is 7.99. The number of amides is 1. The molecule has 0 aliphatic rings. The second-order valence-electron chi connectivity index (χ2n) is 4.59. The van der Waals surface area contributed by atoms with E-state index < -0.39 is 0 Å². The number of rotatable bonds is 7. The van der Waals surface area contributed by atoms with Crippen molar-refractivity contribution in [3.8, 4) is 0 Å². The number of benzene rings is 1. The van der Waals surface area contributed by atoms with Crippen LogP contribution >= 0.6 is 23.4 Å². The topological polar surface area (TPSA) is 42.0 Å². The smallest absolute Gasteiger partial charge is 0.254 e. The Morgan fingerprint density at radius 2 is 2.09 bits per heavy atom. The fourth-order valence-corrected chi connectivity index (χ4v) is 2.74. The number of aromatic nitrogens is 1. The number of nitrogens with zero attached hydrogens (tertiary/aromatic N) is 1. The van der Waals surface area contributed by atoms with Crippen LogP contribution < -0.4 is 5.32 Å². The molecule has 0 atom stereocenters. The molecule has 3 nitrogen and oxygen atoms in total. The molecule has 1 amide bonds. The first kappa shape index (κ1) is 16.6. The Morgan fingerprint density at radius 1 is 1.32 bits per heavy atom. The number of pyridine rings is 1. The molecule has 22 heavy (non-hydrogen) atoms. The summed E-state index contributed by atoms with van der Waals surface area (Å²) in [6.07, 6.45) is 4.25. The maximum absolute atomic E-state index is 12.3. The van der Waals surface area contributed by atoms with Crippen molar-refractivity contribution in [1.82, 2.24) is 10.3 Å². The molecule has 0 unspecified atom stereocenters. The van der Waals surface area contributed by atoms with Crippen molar-refractivity contribution in [3.63, 3.8) is 0 Å². The van der Waals surface area contributed by atoms with Gasteiger partial charge in [-0.25, -0.2) is 4.98 Å². The fourth-order valence-electron chi connectivity index (χ4n) is 1.88. The van der Waals surface area contributed by atoms with Crippen LogP contribution in [0.15, 0.2) is 60.3 Å². The molecule has 2 rings (SSSR count). The van der Waals surface area contributed by atoms with Crippen LogP contribution in [0.1, 0.15) is 15.9 Å². The molecular weight excluding hydrogens is 316 g/mol. The van der Waals surface area contributed by atoms with Gasteiger partial charge in [0, 0.05) is 23.5 Å². The van der Waals surface area contributed by atoms with E-state index in [9.17, 15) is 4.79 Å². The average Bonchev–Trinajstić information content (AvgIpc) is 2.55. The lowest BCUT2D eigenvalue weighted by atomic mass is 10.1. The third kappa shape index (κ3) is 4.90. The van der Waals surface area contributed by atoms with Crippen molar-refractivity contribution in [1.29, 1.82) is 0 Å². The van der Waals surface area contributed by atoms with E-state index in [0.717, 1.165) is 22.8 Å². The maximum Gasteiger partial charge on any atom is 0.254 e. The molecule has 1 N–H and O–H groups in total.